The predicted octanol–water partition coefficient (Wildman–Crippen LogP) is 5.06. The number of piperidine rings is 1. The number of ether oxygens (including phenoxy) is 1. The van der Waals surface area contributed by atoms with Crippen LogP contribution in [0.5, 0.6) is 0 Å². The largest absolute Gasteiger partial charge is 0.411 e. The van der Waals surface area contributed by atoms with E-state index in [0.29, 0.717) is 6.04 Å². The van der Waals surface area contributed by atoms with Crippen molar-refractivity contribution in [1.29, 1.82) is 0 Å². The second kappa shape index (κ2) is 8.66. The molecule has 4 nitrogen and oxygen atoms in total. The van der Waals surface area contributed by atoms with Crippen LogP contribution in [0, 0.1) is 0 Å². The van der Waals surface area contributed by atoms with Crippen LogP contribution in [0.3, 0.4) is 0 Å². The van der Waals surface area contributed by atoms with Gasteiger partial charge in [0, 0.05) is 19.1 Å². The Balaban J connectivity index is 1.61. The zero-order valence-electron chi connectivity index (χ0n) is 17.6. The van der Waals surface area contributed by atoms with Crippen LogP contribution in [0.2, 0.25) is 0 Å². The normalized spacial score (nSPS) is 23.0. The van der Waals surface area contributed by atoms with Gasteiger partial charge >= 0.3 is 0 Å². The minimum atomic E-state index is -0.685. The molecule has 0 aliphatic carbocycles. The molecule has 2 saturated heterocycles. The van der Waals surface area contributed by atoms with E-state index in [2.05, 4.69) is 101 Å². The van der Waals surface area contributed by atoms with Crippen molar-refractivity contribution in [3.8, 4) is 0 Å². The van der Waals surface area contributed by atoms with Crippen molar-refractivity contribution in [2.24, 2.45) is 5.16 Å². The Kier molecular flexibility index (Phi) is 5.58. The fourth-order valence-corrected chi connectivity index (χ4v) is 5.25. The van der Waals surface area contributed by atoms with Gasteiger partial charge in [0.2, 0.25) is 0 Å². The molecule has 0 saturated carbocycles. The lowest BCUT2D eigenvalue weighted by Crippen LogP contribution is -2.46. The Bertz CT molecular complexity index is 924. The molecule has 0 radical (unpaired) electrons. The summed E-state index contributed by atoms with van der Waals surface area (Å²) in [4.78, 5) is 2.41. The summed E-state index contributed by atoms with van der Waals surface area (Å²) in [5, 5.41) is 12.7. The highest BCUT2D eigenvalue weighted by molar-refractivity contribution is 5.86. The lowest BCUT2D eigenvalue weighted by Gasteiger charge is -2.41. The minimum absolute atomic E-state index is 0.0980. The molecule has 0 spiro atoms. The van der Waals surface area contributed by atoms with E-state index in [1.807, 2.05) is 0 Å². The van der Waals surface area contributed by atoms with Gasteiger partial charge in [-0.2, -0.15) is 0 Å². The molecule has 158 valence electrons. The fraction of sp³-hybridized carbons (Fsp3) is 0.296. The second-order valence-corrected chi connectivity index (χ2v) is 8.47. The molecule has 3 aromatic rings. The third-order valence-corrected chi connectivity index (χ3v) is 6.72. The molecule has 3 aromatic carbocycles. The first kappa shape index (κ1) is 20.0. The van der Waals surface area contributed by atoms with Gasteiger partial charge in [-0.05, 0) is 36.0 Å². The van der Waals surface area contributed by atoms with Crippen molar-refractivity contribution < 1.29 is 9.94 Å². The molecular formula is C27H28N2O2. The van der Waals surface area contributed by atoms with Crippen LogP contribution in [0.4, 0.5) is 0 Å². The van der Waals surface area contributed by atoms with Gasteiger partial charge in [0.1, 0.15) is 5.60 Å². The first-order valence-electron chi connectivity index (χ1n) is 11.1. The van der Waals surface area contributed by atoms with Gasteiger partial charge in [-0.1, -0.05) is 96.2 Å². The summed E-state index contributed by atoms with van der Waals surface area (Å²) in [6.45, 7) is 1.69. The van der Waals surface area contributed by atoms with Crippen LogP contribution in [-0.4, -0.2) is 41.1 Å². The number of hydrogen-bond donors (Lipinski definition) is 1. The average molecular weight is 413 g/mol. The highest BCUT2D eigenvalue weighted by Crippen LogP contribution is 2.44. The smallest absolute Gasteiger partial charge is 0.144 e. The second-order valence-electron chi connectivity index (χ2n) is 8.47. The van der Waals surface area contributed by atoms with E-state index >= 15 is 0 Å². The zero-order chi connectivity index (χ0) is 21.1. The SMILES string of the molecule is ON=C1CC[C@H]2[C@@H](OC(c3ccccc3)(c3ccccc3)c3ccccc3)CCN2C1. The summed E-state index contributed by atoms with van der Waals surface area (Å²) in [5.41, 5.74) is 3.60. The van der Waals surface area contributed by atoms with Gasteiger partial charge in [0.05, 0.1) is 11.8 Å². The van der Waals surface area contributed by atoms with E-state index in [1.165, 1.54) is 0 Å². The summed E-state index contributed by atoms with van der Waals surface area (Å²) in [5.74, 6) is 0. The Morgan fingerprint density at radius 2 is 1.29 bits per heavy atom. The molecular weight excluding hydrogens is 384 g/mol. The zero-order valence-corrected chi connectivity index (χ0v) is 17.6. The monoisotopic (exact) mass is 412 g/mol. The van der Waals surface area contributed by atoms with Crippen molar-refractivity contribution in [3.63, 3.8) is 0 Å². The van der Waals surface area contributed by atoms with Crippen molar-refractivity contribution in [2.45, 2.75) is 37.0 Å². The molecule has 2 heterocycles. The maximum absolute atomic E-state index is 9.24. The molecule has 0 aromatic heterocycles. The summed E-state index contributed by atoms with van der Waals surface area (Å²) in [6, 6.07) is 32.0. The number of fused-ring (bicyclic) bond motifs is 1. The maximum Gasteiger partial charge on any atom is 0.144 e. The third-order valence-electron chi connectivity index (χ3n) is 6.72. The van der Waals surface area contributed by atoms with Crippen LogP contribution in [-0.2, 0) is 10.3 Å². The average Bonchev–Trinajstić information content (AvgIpc) is 3.26. The van der Waals surface area contributed by atoms with Crippen molar-refractivity contribution in [1.82, 2.24) is 4.90 Å². The van der Waals surface area contributed by atoms with Crippen LogP contribution in [0.25, 0.3) is 0 Å². The maximum atomic E-state index is 9.24. The lowest BCUT2D eigenvalue weighted by atomic mass is 9.79. The molecule has 5 rings (SSSR count). The molecule has 4 heteroatoms. The number of hydrogen-bond acceptors (Lipinski definition) is 4. The molecule has 2 aliphatic heterocycles. The van der Waals surface area contributed by atoms with E-state index in [4.69, 9.17) is 4.74 Å². The first-order valence-corrected chi connectivity index (χ1v) is 11.1. The van der Waals surface area contributed by atoms with E-state index in [9.17, 15) is 5.21 Å². The quantitative estimate of drug-likeness (QED) is 0.362. The molecule has 2 atom stereocenters. The van der Waals surface area contributed by atoms with Crippen molar-refractivity contribution in [3.05, 3.63) is 108 Å². The van der Waals surface area contributed by atoms with Crippen molar-refractivity contribution in [2.75, 3.05) is 13.1 Å². The van der Waals surface area contributed by atoms with Crippen LogP contribution in [0.1, 0.15) is 36.0 Å². The van der Waals surface area contributed by atoms with Gasteiger partial charge in [-0.3, -0.25) is 4.90 Å². The minimum Gasteiger partial charge on any atom is -0.411 e. The summed E-state index contributed by atoms with van der Waals surface area (Å²) < 4.78 is 7.25. The van der Waals surface area contributed by atoms with E-state index in [0.717, 1.165) is 54.8 Å². The highest BCUT2D eigenvalue weighted by atomic mass is 16.5. The number of nitrogens with zero attached hydrogens (tertiary/aromatic N) is 2. The van der Waals surface area contributed by atoms with Gasteiger partial charge in [0.25, 0.3) is 0 Å². The van der Waals surface area contributed by atoms with Crippen LogP contribution < -0.4 is 0 Å². The van der Waals surface area contributed by atoms with Gasteiger partial charge in [0.15, 0.2) is 0 Å². The lowest BCUT2D eigenvalue weighted by molar-refractivity contribution is -0.0625. The summed E-state index contributed by atoms with van der Waals surface area (Å²) in [6.07, 6.45) is 2.85. The number of oxime groups is 1. The summed E-state index contributed by atoms with van der Waals surface area (Å²) >= 11 is 0. The molecule has 2 fully saturated rings. The van der Waals surface area contributed by atoms with Crippen LogP contribution >= 0.6 is 0 Å². The van der Waals surface area contributed by atoms with Crippen molar-refractivity contribution >= 4 is 5.71 Å². The predicted molar refractivity (Wildman–Crippen MR) is 123 cm³/mol. The van der Waals surface area contributed by atoms with E-state index < -0.39 is 5.60 Å². The molecule has 2 aliphatic rings. The summed E-state index contributed by atoms with van der Waals surface area (Å²) in [7, 11) is 0. The topological polar surface area (TPSA) is 45.1 Å². The van der Waals surface area contributed by atoms with Crippen LogP contribution in [0.15, 0.2) is 96.2 Å². The number of rotatable bonds is 5. The standard InChI is InChI=1S/C27H28N2O2/c30-28-24-16-17-25-26(18-19-29(25)20-24)31-27(21-10-4-1-5-11-21,22-12-6-2-7-13-22)23-14-8-3-9-15-23/h1-15,25-26,30H,16-20H2/t25-,26-/m0/s1. The Hall–Kier alpha value is -2.95. The van der Waals surface area contributed by atoms with Gasteiger partial charge in [-0.15, -0.1) is 0 Å². The van der Waals surface area contributed by atoms with Gasteiger partial charge in [-0.25, -0.2) is 0 Å². The molecule has 31 heavy (non-hydrogen) atoms. The highest BCUT2D eigenvalue weighted by Gasteiger charge is 2.45. The fourth-order valence-electron chi connectivity index (χ4n) is 5.25. The molecule has 1 N–H and O–H groups in total. The Labute approximate surface area is 183 Å². The third kappa shape index (κ3) is 3.67. The Morgan fingerprint density at radius 3 is 1.77 bits per heavy atom. The molecule has 0 unspecified atom stereocenters. The molecule has 0 bridgehead atoms. The Morgan fingerprint density at radius 1 is 0.774 bits per heavy atom. The molecule has 0 amide bonds. The van der Waals surface area contributed by atoms with E-state index in [-0.39, 0.29) is 6.10 Å². The number of benzene rings is 3. The van der Waals surface area contributed by atoms with Gasteiger partial charge < -0.3 is 9.94 Å². The first-order chi connectivity index (χ1) is 15.3. The van der Waals surface area contributed by atoms with E-state index in [1.54, 1.807) is 0 Å².